The van der Waals surface area contributed by atoms with Crippen LogP contribution in [0.4, 0.5) is 5.69 Å². The number of benzene rings is 2. The molecule has 1 aliphatic heterocycles. The van der Waals surface area contributed by atoms with Gasteiger partial charge in [-0.05, 0) is 53.9 Å². The molecule has 4 rings (SSSR count). The molecule has 1 N–H and O–H groups in total. The van der Waals surface area contributed by atoms with Crippen molar-refractivity contribution in [3.63, 3.8) is 0 Å². The summed E-state index contributed by atoms with van der Waals surface area (Å²) in [6.45, 7) is 7.05. The summed E-state index contributed by atoms with van der Waals surface area (Å²) in [4.78, 5) is 0. The summed E-state index contributed by atoms with van der Waals surface area (Å²) in [7, 11) is 0. The van der Waals surface area contributed by atoms with E-state index in [-0.39, 0.29) is 5.41 Å². The van der Waals surface area contributed by atoms with Gasteiger partial charge >= 0.3 is 0 Å². The predicted octanol–water partition coefficient (Wildman–Crippen LogP) is 5.00. The van der Waals surface area contributed by atoms with E-state index >= 15 is 0 Å². The summed E-state index contributed by atoms with van der Waals surface area (Å²) in [6, 6.07) is 16.3. The van der Waals surface area contributed by atoms with E-state index in [9.17, 15) is 0 Å². The van der Waals surface area contributed by atoms with Gasteiger partial charge in [0.1, 0.15) is 0 Å². The molecule has 1 nitrogen and oxygen atoms in total. The van der Waals surface area contributed by atoms with Crippen LogP contribution in [0.3, 0.4) is 0 Å². The molecule has 2 atom stereocenters. The summed E-state index contributed by atoms with van der Waals surface area (Å²) in [5.41, 5.74) is 7.43. The maximum Gasteiger partial charge on any atom is 0.0553 e. The molecular weight excluding hydrogens is 254 g/mol. The number of hydrogen-bond acceptors (Lipinski definition) is 1. The van der Waals surface area contributed by atoms with Gasteiger partial charge in [0, 0.05) is 5.69 Å². The highest BCUT2D eigenvalue weighted by Gasteiger charge is 2.44. The Bertz CT molecular complexity index is 699. The molecule has 0 bridgehead atoms. The first-order valence-electron chi connectivity index (χ1n) is 8.03. The molecule has 21 heavy (non-hydrogen) atoms. The predicted molar refractivity (Wildman–Crippen MR) is 88.8 cm³/mol. The van der Waals surface area contributed by atoms with Crippen LogP contribution in [-0.2, 0) is 11.8 Å². The van der Waals surface area contributed by atoms with Gasteiger partial charge in [0.05, 0.1) is 6.04 Å². The van der Waals surface area contributed by atoms with E-state index in [0.717, 1.165) is 0 Å². The van der Waals surface area contributed by atoms with E-state index in [0.29, 0.717) is 12.0 Å². The smallest absolute Gasteiger partial charge is 0.0553 e. The summed E-state index contributed by atoms with van der Waals surface area (Å²) in [6.07, 6.45) is 2.48. The number of aryl methyl sites for hydroxylation is 2. The van der Waals surface area contributed by atoms with Crippen molar-refractivity contribution in [1.82, 2.24) is 0 Å². The van der Waals surface area contributed by atoms with Gasteiger partial charge in [-0.3, -0.25) is 0 Å². The molecule has 0 aromatic heterocycles. The average molecular weight is 277 g/mol. The normalized spacial score (nSPS) is 25.3. The fourth-order valence-corrected chi connectivity index (χ4v) is 4.40. The summed E-state index contributed by atoms with van der Waals surface area (Å²) < 4.78 is 0. The molecular formula is C20H23N. The lowest BCUT2D eigenvalue weighted by atomic mass is 9.61. The van der Waals surface area contributed by atoms with Gasteiger partial charge < -0.3 is 5.32 Å². The molecule has 0 spiro atoms. The minimum atomic E-state index is 0.227. The van der Waals surface area contributed by atoms with Crippen LogP contribution in [0.2, 0.25) is 0 Å². The number of rotatable bonds is 0. The van der Waals surface area contributed by atoms with Gasteiger partial charge in [0.15, 0.2) is 0 Å². The minimum absolute atomic E-state index is 0.227. The van der Waals surface area contributed by atoms with Gasteiger partial charge in [0.2, 0.25) is 0 Å². The Balaban J connectivity index is 1.88. The third-order valence-corrected chi connectivity index (χ3v) is 5.62. The van der Waals surface area contributed by atoms with E-state index in [4.69, 9.17) is 0 Å². The first kappa shape index (κ1) is 12.9. The van der Waals surface area contributed by atoms with Crippen molar-refractivity contribution in [1.29, 1.82) is 0 Å². The maximum absolute atomic E-state index is 3.84. The van der Waals surface area contributed by atoms with Gasteiger partial charge in [-0.2, -0.15) is 0 Å². The molecule has 1 heterocycles. The van der Waals surface area contributed by atoms with Crippen molar-refractivity contribution in [2.45, 2.75) is 45.1 Å². The molecule has 0 saturated heterocycles. The van der Waals surface area contributed by atoms with E-state index < -0.39 is 0 Å². The topological polar surface area (TPSA) is 12.0 Å². The van der Waals surface area contributed by atoms with Crippen molar-refractivity contribution in [3.05, 3.63) is 64.7 Å². The van der Waals surface area contributed by atoms with Crippen LogP contribution in [0.1, 0.15) is 48.6 Å². The molecule has 0 fully saturated rings. The van der Waals surface area contributed by atoms with E-state index in [1.165, 1.54) is 40.8 Å². The maximum atomic E-state index is 3.84. The molecule has 2 aromatic rings. The quantitative estimate of drug-likeness (QED) is 0.714. The standard InChI is InChI=1S/C20H23N/c1-13-8-11-18-17(12-13)20(2,3)16-10-9-14-6-4-5-7-15(14)19(16)21-18/h4-8,11-12,16,19,21H,9-10H2,1-3H3/t16-,19+/m1/s1. The van der Waals surface area contributed by atoms with Crippen LogP contribution in [0.25, 0.3) is 0 Å². The Labute approximate surface area is 127 Å². The molecule has 2 aromatic carbocycles. The van der Waals surface area contributed by atoms with Gasteiger partial charge in [0.25, 0.3) is 0 Å². The number of anilines is 1. The number of nitrogens with one attached hydrogen (secondary N) is 1. The first-order chi connectivity index (χ1) is 10.1. The van der Waals surface area contributed by atoms with E-state index in [2.05, 4.69) is 68.6 Å². The lowest BCUT2D eigenvalue weighted by Gasteiger charge is -2.49. The fraction of sp³-hybridized carbons (Fsp3) is 0.400. The Morgan fingerprint density at radius 3 is 2.76 bits per heavy atom. The lowest BCUT2D eigenvalue weighted by molar-refractivity contribution is 0.240. The van der Waals surface area contributed by atoms with E-state index in [1.54, 1.807) is 0 Å². The van der Waals surface area contributed by atoms with Crippen LogP contribution in [-0.4, -0.2) is 0 Å². The Morgan fingerprint density at radius 1 is 1.10 bits per heavy atom. The first-order valence-corrected chi connectivity index (χ1v) is 8.03. The molecule has 1 heteroatoms. The van der Waals surface area contributed by atoms with Crippen molar-refractivity contribution in [2.24, 2.45) is 5.92 Å². The van der Waals surface area contributed by atoms with Crippen LogP contribution in [0, 0.1) is 12.8 Å². The Hall–Kier alpha value is -1.76. The van der Waals surface area contributed by atoms with Crippen LogP contribution < -0.4 is 5.32 Å². The summed E-state index contributed by atoms with van der Waals surface area (Å²) >= 11 is 0. The van der Waals surface area contributed by atoms with Crippen molar-refractivity contribution in [3.8, 4) is 0 Å². The van der Waals surface area contributed by atoms with Crippen molar-refractivity contribution < 1.29 is 0 Å². The SMILES string of the molecule is Cc1ccc2c(c1)C(C)(C)[C@@H]1CCc3ccccc3[C@@H]1N2. The molecule has 1 aliphatic carbocycles. The molecule has 2 aliphatic rings. The van der Waals surface area contributed by atoms with Crippen molar-refractivity contribution >= 4 is 5.69 Å². The largest absolute Gasteiger partial charge is 0.378 e. The van der Waals surface area contributed by atoms with Gasteiger partial charge in [-0.25, -0.2) is 0 Å². The summed E-state index contributed by atoms with van der Waals surface area (Å²) in [5.74, 6) is 0.668. The highest BCUT2D eigenvalue weighted by molar-refractivity contribution is 5.61. The van der Waals surface area contributed by atoms with Gasteiger partial charge in [-0.1, -0.05) is 55.8 Å². The fourth-order valence-electron chi connectivity index (χ4n) is 4.40. The zero-order chi connectivity index (χ0) is 14.6. The Morgan fingerprint density at radius 2 is 1.90 bits per heavy atom. The second-order valence-electron chi connectivity index (χ2n) is 7.24. The zero-order valence-electron chi connectivity index (χ0n) is 13.1. The zero-order valence-corrected chi connectivity index (χ0v) is 13.1. The van der Waals surface area contributed by atoms with Gasteiger partial charge in [-0.15, -0.1) is 0 Å². The number of fused-ring (bicyclic) bond motifs is 4. The van der Waals surface area contributed by atoms with Crippen LogP contribution in [0.15, 0.2) is 42.5 Å². The molecule has 0 radical (unpaired) electrons. The highest BCUT2D eigenvalue weighted by atomic mass is 15.0. The average Bonchev–Trinajstić information content (AvgIpc) is 2.48. The number of hydrogen-bond donors (Lipinski definition) is 1. The summed E-state index contributed by atoms with van der Waals surface area (Å²) in [5, 5.41) is 3.84. The monoisotopic (exact) mass is 277 g/mol. The Kier molecular flexibility index (Phi) is 2.69. The lowest BCUT2D eigenvalue weighted by Crippen LogP contribution is -2.43. The second kappa shape index (κ2) is 4.37. The van der Waals surface area contributed by atoms with Crippen LogP contribution >= 0.6 is 0 Å². The third-order valence-electron chi connectivity index (χ3n) is 5.62. The van der Waals surface area contributed by atoms with Crippen LogP contribution in [0.5, 0.6) is 0 Å². The highest BCUT2D eigenvalue weighted by Crippen LogP contribution is 2.52. The molecule has 0 saturated carbocycles. The van der Waals surface area contributed by atoms with Crippen molar-refractivity contribution in [2.75, 3.05) is 5.32 Å². The second-order valence-corrected chi connectivity index (χ2v) is 7.24. The minimum Gasteiger partial charge on any atom is -0.378 e. The molecule has 108 valence electrons. The molecule has 0 amide bonds. The van der Waals surface area contributed by atoms with E-state index in [1.807, 2.05) is 0 Å². The third kappa shape index (κ3) is 1.83. The molecule has 0 unspecified atom stereocenters.